The lowest BCUT2D eigenvalue weighted by atomic mass is 10.3. The molecule has 1 rings (SSSR count). The summed E-state index contributed by atoms with van der Waals surface area (Å²) in [5, 5.41) is 0.832. The minimum atomic E-state index is -1.35. The van der Waals surface area contributed by atoms with E-state index in [4.69, 9.17) is 11.6 Å². The van der Waals surface area contributed by atoms with Gasteiger partial charge in [0, 0.05) is 10.7 Å². The number of rotatable bonds is 3. The Bertz CT molecular complexity index is 352. The molecule has 1 aromatic carbocycles. The number of hydrogen-bond donors (Lipinski definition) is 0. The van der Waals surface area contributed by atoms with Crippen molar-refractivity contribution >= 4 is 33.8 Å². The molecule has 0 radical (unpaired) electrons. The maximum Gasteiger partial charge on any atom is 0.138 e. The Balaban J connectivity index is 3.23. The molecule has 0 spiro atoms. The summed E-state index contributed by atoms with van der Waals surface area (Å²) in [4.78, 5) is 0. The molecule has 0 aliphatic heterocycles. The third-order valence-electron chi connectivity index (χ3n) is 2.41. The molecule has 0 saturated heterocycles. The largest absolute Gasteiger partial charge is 0.425 e. The van der Waals surface area contributed by atoms with Gasteiger partial charge in [0.15, 0.2) is 0 Å². The molecule has 0 amide bonds. The summed E-state index contributed by atoms with van der Waals surface area (Å²) >= 11 is 6.09. The molecule has 0 saturated carbocycles. The van der Waals surface area contributed by atoms with Gasteiger partial charge in [-0.2, -0.15) is 0 Å². The average Bonchev–Trinajstić information content (AvgIpc) is 1.97. The van der Waals surface area contributed by atoms with Crippen molar-refractivity contribution in [1.82, 2.24) is 0 Å². The highest BCUT2D eigenvalue weighted by molar-refractivity contribution is 6.99. The number of nitrogens with zero attached hydrogens (tertiary/aromatic N) is 1. The minimum Gasteiger partial charge on any atom is -0.425 e. The fraction of sp³-hybridized carbons (Fsp3) is 0.500. The number of benzene rings is 1. The Labute approximate surface area is 107 Å². The van der Waals surface area contributed by atoms with Gasteiger partial charge in [0.2, 0.25) is 0 Å². The first-order chi connectivity index (χ1) is 7.12. The molecule has 1 nitrogen and oxygen atoms in total. The Morgan fingerprint density at radius 2 is 1.44 bits per heavy atom. The van der Waals surface area contributed by atoms with Crippen LogP contribution in [-0.2, 0) is 0 Å². The second-order valence-electron chi connectivity index (χ2n) is 6.16. The van der Waals surface area contributed by atoms with Gasteiger partial charge in [-0.15, -0.1) is 0 Å². The Morgan fingerprint density at radius 1 is 0.938 bits per heavy atom. The van der Waals surface area contributed by atoms with E-state index in [0.29, 0.717) is 0 Å². The minimum absolute atomic E-state index is 0.832. The molecule has 1 aromatic rings. The van der Waals surface area contributed by atoms with E-state index in [9.17, 15) is 0 Å². The molecule has 16 heavy (non-hydrogen) atoms. The van der Waals surface area contributed by atoms with E-state index >= 15 is 0 Å². The highest BCUT2D eigenvalue weighted by Crippen LogP contribution is 2.29. The molecule has 0 heterocycles. The van der Waals surface area contributed by atoms with Gasteiger partial charge in [-0.1, -0.05) is 56.9 Å². The van der Waals surface area contributed by atoms with Crippen LogP contribution < -0.4 is 4.23 Å². The van der Waals surface area contributed by atoms with Crippen LogP contribution in [0.2, 0.25) is 44.3 Å². The van der Waals surface area contributed by atoms with Crippen LogP contribution in [0, 0.1) is 0 Å². The summed E-state index contributed by atoms with van der Waals surface area (Å²) in [5.74, 6) is 0. The molecule has 0 atom stereocenters. The third kappa shape index (κ3) is 3.37. The first-order valence-electron chi connectivity index (χ1n) is 5.68. The zero-order chi connectivity index (χ0) is 12.6. The Kier molecular flexibility index (Phi) is 3.93. The second-order valence-corrected chi connectivity index (χ2v) is 16.6. The average molecular weight is 272 g/mol. The van der Waals surface area contributed by atoms with Crippen LogP contribution in [0.15, 0.2) is 24.3 Å². The smallest absolute Gasteiger partial charge is 0.138 e. The van der Waals surface area contributed by atoms with Crippen LogP contribution in [0.25, 0.3) is 0 Å². The predicted octanol–water partition coefficient (Wildman–Crippen LogP) is 4.82. The topological polar surface area (TPSA) is 3.24 Å². The van der Waals surface area contributed by atoms with E-state index < -0.39 is 16.5 Å². The van der Waals surface area contributed by atoms with Crippen LogP contribution in [0.1, 0.15) is 0 Å². The Morgan fingerprint density at radius 3 is 1.81 bits per heavy atom. The highest BCUT2D eigenvalue weighted by Gasteiger charge is 2.34. The molecular formula is C12H22ClNSi2. The summed E-state index contributed by atoms with van der Waals surface area (Å²) < 4.78 is 2.67. The molecule has 4 heteroatoms. The van der Waals surface area contributed by atoms with E-state index in [1.807, 2.05) is 12.1 Å². The van der Waals surface area contributed by atoms with Gasteiger partial charge >= 0.3 is 0 Å². The fourth-order valence-electron chi connectivity index (χ4n) is 2.40. The SMILES string of the molecule is C[Si](C)(C)N(c1cccc(Cl)c1)[Si](C)(C)C. The van der Waals surface area contributed by atoms with Crippen molar-refractivity contribution < 1.29 is 0 Å². The number of anilines is 1. The van der Waals surface area contributed by atoms with Crippen LogP contribution >= 0.6 is 11.6 Å². The predicted molar refractivity (Wildman–Crippen MR) is 80.6 cm³/mol. The molecule has 0 N–H and O–H groups in total. The first kappa shape index (κ1) is 13.8. The summed E-state index contributed by atoms with van der Waals surface area (Å²) in [6.45, 7) is 14.4. The maximum absolute atomic E-state index is 6.09. The third-order valence-corrected chi connectivity index (χ3v) is 9.87. The summed E-state index contributed by atoms with van der Waals surface area (Å²) in [5.41, 5.74) is 1.30. The molecule has 0 bridgehead atoms. The van der Waals surface area contributed by atoms with Crippen molar-refractivity contribution in [3.05, 3.63) is 29.3 Å². The van der Waals surface area contributed by atoms with E-state index in [0.717, 1.165) is 5.02 Å². The summed E-state index contributed by atoms with van der Waals surface area (Å²) in [6, 6.07) is 8.27. The maximum atomic E-state index is 6.09. The van der Waals surface area contributed by atoms with Crippen molar-refractivity contribution in [1.29, 1.82) is 0 Å². The van der Waals surface area contributed by atoms with Gasteiger partial charge in [0.05, 0.1) is 0 Å². The number of halogens is 1. The van der Waals surface area contributed by atoms with Crippen LogP contribution in [-0.4, -0.2) is 16.5 Å². The van der Waals surface area contributed by atoms with Gasteiger partial charge in [-0.3, -0.25) is 0 Å². The summed E-state index contributed by atoms with van der Waals surface area (Å²) in [6.07, 6.45) is 0. The second kappa shape index (κ2) is 4.55. The van der Waals surface area contributed by atoms with Crippen molar-refractivity contribution in [3.63, 3.8) is 0 Å². The van der Waals surface area contributed by atoms with Gasteiger partial charge in [0.25, 0.3) is 0 Å². The van der Waals surface area contributed by atoms with Gasteiger partial charge in [-0.05, 0) is 18.2 Å². The lowest BCUT2D eigenvalue weighted by molar-refractivity contribution is 1.35. The van der Waals surface area contributed by atoms with Crippen molar-refractivity contribution in [3.8, 4) is 0 Å². The standard InChI is InChI=1S/C12H22ClNSi2/c1-15(2,3)14(16(4,5)6)12-9-7-8-11(13)10-12/h7-10H,1-6H3. The van der Waals surface area contributed by atoms with Crippen molar-refractivity contribution in [2.24, 2.45) is 0 Å². The highest BCUT2D eigenvalue weighted by atomic mass is 35.5. The van der Waals surface area contributed by atoms with Gasteiger partial charge in [-0.25, -0.2) is 0 Å². The molecule has 0 fully saturated rings. The molecule has 0 aliphatic rings. The zero-order valence-corrected chi connectivity index (χ0v) is 13.9. The molecular weight excluding hydrogens is 250 g/mol. The normalized spacial score (nSPS) is 12.7. The van der Waals surface area contributed by atoms with Gasteiger partial charge < -0.3 is 4.23 Å². The number of hydrogen-bond acceptors (Lipinski definition) is 1. The van der Waals surface area contributed by atoms with Crippen LogP contribution in [0.5, 0.6) is 0 Å². The van der Waals surface area contributed by atoms with Crippen molar-refractivity contribution in [2.75, 3.05) is 4.23 Å². The van der Waals surface area contributed by atoms with Crippen molar-refractivity contribution in [2.45, 2.75) is 39.3 Å². The zero-order valence-electron chi connectivity index (χ0n) is 11.1. The van der Waals surface area contributed by atoms with E-state index in [2.05, 4.69) is 55.6 Å². The fourth-order valence-corrected chi connectivity index (χ4v) is 12.5. The quantitative estimate of drug-likeness (QED) is 0.713. The lowest BCUT2D eigenvalue weighted by Crippen LogP contribution is -2.59. The first-order valence-corrected chi connectivity index (χ1v) is 13.0. The monoisotopic (exact) mass is 271 g/mol. The summed E-state index contributed by atoms with van der Waals surface area (Å²) in [7, 11) is -2.70. The van der Waals surface area contributed by atoms with E-state index in [1.54, 1.807) is 0 Å². The van der Waals surface area contributed by atoms with Crippen LogP contribution in [0.3, 0.4) is 0 Å². The van der Waals surface area contributed by atoms with E-state index in [-0.39, 0.29) is 0 Å². The Hall–Kier alpha value is -0.256. The molecule has 0 aromatic heterocycles. The van der Waals surface area contributed by atoms with Gasteiger partial charge in [0.1, 0.15) is 16.5 Å². The van der Waals surface area contributed by atoms with E-state index in [1.165, 1.54) is 5.69 Å². The molecule has 90 valence electrons. The lowest BCUT2D eigenvalue weighted by Gasteiger charge is -2.46. The van der Waals surface area contributed by atoms with Crippen LogP contribution in [0.4, 0.5) is 5.69 Å². The molecule has 0 aliphatic carbocycles. The molecule has 0 unspecified atom stereocenters.